The fourth-order valence-corrected chi connectivity index (χ4v) is 3.33. The zero-order chi connectivity index (χ0) is 12.1. The van der Waals surface area contributed by atoms with Gasteiger partial charge in [-0.2, -0.15) is 0 Å². The Bertz CT molecular complexity index is 465. The summed E-state index contributed by atoms with van der Waals surface area (Å²) >= 11 is 3.43. The number of hydrogen-bond acceptors (Lipinski definition) is 5. The van der Waals surface area contributed by atoms with Crippen LogP contribution < -0.4 is 5.73 Å². The quantitative estimate of drug-likeness (QED) is 0.509. The van der Waals surface area contributed by atoms with Crippen LogP contribution in [0.4, 0.5) is 5.69 Å². The van der Waals surface area contributed by atoms with E-state index in [1.807, 2.05) is 24.3 Å². The third kappa shape index (κ3) is 3.44. The molecule has 0 unspecified atom stereocenters. The van der Waals surface area contributed by atoms with Gasteiger partial charge in [-0.15, -0.1) is 10.2 Å². The number of anilines is 1. The number of unbranched alkanes of at least 4 members (excludes halogenated alkanes) is 1. The maximum atomic E-state index is 5.65. The Morgan fingerprint density at radius 1 is 1.24 bits per heavy atom. The van der Waals surface area contributed by atoms with E-state index in [1.165, 1.54) is 12.8 Å². The molecule has 0 aliphatic carbocycles. The van der Waals surface area contributed by atoms with E-state index in [0.717, 1.165) is 26.4 Å². The van der Waals surface area contributed by atoms with Gasteiger partial charge in [0.1, 0.15) is 5.01 Å². The summed E-state index contributed by atoms with van der Waals surface area (Å²) in [6.07, 6.45) is 2.44. The van der Waals surface area contributed by atoms with Gasteiger partial charge in [-0.1, -0.05) is 36.4 Å². The number of benzene rings is 1. The van der Waals surface area contributed by atoms with Crippen molar-refractivity contribution in [3.8, 4) is 10.6 Å². The lowest BCUT2D eigenvalue weighted by molar-refractivity contribution is 0.894. The summed E-state index contributed by atoms with van der Waals surface area (Å²) in [7, 11) is 0. The van der Waals surface area contributed by atoms with Crippen LogP contribution in [0.5, 0.6) is 0 Å². The third-order valence-corrected chi connectivity index (χ3v) is 4.48. The average Bonchev–Trinajstić information content (AvgIpc) is 2.79. The van der Waals surface area contributed by atoms with Gasteiger partial charge in [0.2, 0.25) is 0 Å². The van der Waals surface area contributed by atoms with Crippen LogP contribution in [-0.2, 0) is 0 Å². The zero-order valence-electron chi connectivity index (χ0n) is 9.72. The van der Waals surface area contributed by atoms with Crippen LogP contribution >= 0.6 is 23.1 Å². The maximum absolute atomic E-state index is 5.65. The first-order valence-corrected chi connectivity index (χ1v) is 7.42. The number of nitrogen functional groups attached to an aromatic ring is 1. The van der Waals surface area contributed by atoms with Gasteiger partial charge in [0.25, 0.3) is 0 Å². The van der Waals surface area contributed by atoms with Crippen molar-refractivity contribution < 1.29 is 0 Å². The minimum atomic E-state index is 0.774. The molecular formula is C12H15N3S2. The van der Waals surface area contributed by atoms with Crippen molar-refractivity contribution in [1.82, 2.24) is 10.2 Å². The van der Waals surface area contributed by atoms with Crippen LogP contribution in [0.2, 0.25) is 0 Å². The standard InChI is InChI=1S/C12H15N3S2/c1-2-3-8-16-12-15-14-11(17-12)9-4-6-10(13)7-5-9/h4-7H,2-3,8,13H2,1H3. The molecule has 0 amide bonds. The highest BCUT2D eigenvalue weighted by atomic mass is 32.2. The summed E-state index contributed by atoms with van der Waals surface area (Å²) in [5.74, 6) is 1.12. The number of rotatable bonds is 5. The Kier molecular flexibility index (Phi) is 4.39. The topological polar surface area (TPSA) is 51.8 Å². The van der Waals surface area contributed by atoms with Gasteiger partial charge < -0.3 is 5.73 Å². The van der Waals surface area contributed by atoms with Crippen LogP contribution in [0.15, 0.2) is 28.6 Å². The summed E-state index contributed by atoms with van der Waals surface area (Å²) in [6.45, 7) is 2.19. The van der Waals surface area contributed by atoms with Crippen LogP contribution in [0.25, 0.3) is 10.6 Å². The van der Waals surface area contributed by atoms with E-state index in [9.17, 15) is 0 Å². The van der Waals surface area contributed by atoms with Gasteiger partial charge in [0.05, 0.1) is 0 Å². The first kappa shape index (κ1) is 12.4. The molecule has 90 valence electrons. The first-order chi connectivity index (χ1) is 8.29. The highest BCUT2D eigenvalue weighted by Crippen LogP contribution is 2.29. The minimum Gasteiger partial charge on any atom is -0.399 e. The van der Waals surface area contributed by atoms with E-state index < -0.39 is 0 Å². The number of thioether (sulfide) groups is 1. The molecule has 2 aromatic rings. The second-order valence-corrected chi connectivity index (χ2v) is 6.02. The molecule has 0 aliphatic rings. The summed E-state index contributed by atoms with van der Waals surface area (Å²) in [6, 6.07) is 7.74. The Morgan fingerprint density at radius 3 is 2.71 bits per heavy atom. The van der Waals surface area contributed by atoms with Gasteiger partial charge in [0.15, 0.2) is 4.34 Å². The molecule has 3 nitrogen and oxygen atoms in total. The van der Waals surface area contributed by atoms with Crippen LogP contribution in [0.1, 0.15) is 19.8 Å². The van der Waals surface area contributed by atoms with Crippen LogP contribution in [0, 0.1) is 0 Å². The fraction of sp³-hybridized carbons (Fsp3) is 0.333. The molecule has 0 atom stereocenters. The van der Waals surface area contributed by atoms with Crippen molar-refractivity contribution >= 4 is 28.8 Å². The molecule has 0 radical (unpaired) electrons. The van der Waals surface area contributed by atoms with E-state index in [4.69, 9.17) is 5.73 Å². The first-order valence-electron chi connectivity index (χ1n) is 5.62. The molecule has 2 rings (SSSR count). The van der Waals surface area contributed by atoms with Gasteiger partial charge in [-0.25, -0.2) is 0 Å². The predicted molar refractivity (Wildman–Crippen MR) is 75.4 cm³/mol. The Hall–Kier alpha value is -1.07. The molecule has 0 saturated heterocycles. The number of hydrogen-bond donors (Lipinski definition) is 1. The molecule has 17 heavy (non-hydrogen) atoms. The molecule has 5 heteroatoms. The smallest absolute Gasteiger partial charge is 0.174 e. The lowest BCUT2D eigenvalue weighted by Gasteiger charge is -1.95. The largest absolute Gasteiger partial charge is 0.399 e. The van der Waals surface area contributed by atoms with E-state index in [2.05, 4.69) is 17.1 Å². The van der Waals surface area contributed by atoms with Crippen molar-refractivity contribution in [3.05, 3.63) is 24.3 Å². The highest BCUT2D eigenvalue weighted by Gasteiger charge is 2.06. The van der Waals surface area contributed by atoms with Gasteiger partial charge in [0, 0.05) is 17.0 Å². The molecule has 0 aliphatic heterocycles. The SMILES string of the molecule is CCCCSc1nnc(-c2ccc(N)cc2)s1. The van der Waals surface area contributed by atoms with Crippen molar-refractivity contribution in [2.45, 2.75) is 24.1 Å². The number of nitrogens with zero attached hydrogens (tertiary/aromatic N) is 2. The average molecular weight is 265 g/mol. The van der Waals surface area contributed by atoms with E-state index >= 15 is 0 Å². The second kappa shape index (κ2) is 6.02. The number of aromatic nitrogens is 2. The van der Waals surface area contributed by atoms with Crippen LogP contribution in [0.3, 0.4) is 0 Å². The molecule has 0 saturated carbocycles. The Labute approximate surface area is 109 Å². The van der Waals surface area contributed by atoms with E-state index in [0.29, 0.717) is 0 Å². The monoisotopic (exact) mass is 265 g/mol. The fourth-order valence-electron chi connectivity index (χ4n) is 1.31. The molecule has 0 spiro atoms. The highest BCUT2D eigenvalue weighted by molar-refractivity contribution is 8.01. The van der Waals surface area contributed by atoms with E-state index in [-0.39, 0.29) is 0 Å². The predicted octanol–water partition coefficient (Wildman–Crippen LogP) is 3.68. The zero-order valence-corrected chi connectivity index (χ0v) is 11.4. The molecule has 1 aromatic carbocycles. The van der Waals surface area contributed by atoms with Crippen molar-refractivity contribution in [1.29, 1.82) is 0 Å². The molecule has 1 heterocycles. The maximum Gasteiger partial charge on any atom is 0.174 e. The Balaban J connectivity index is 2.04. The molecule has 1 aromatic heterocycles. The van der Waals surface area contributed by atoms with Gasteiger partial charge in [-0.05, 0) is 30.7 Å². The molecule has 0 bridgehead atoms. The summed E-state index contributed by atoms with van der Waals surface area (Å²) < 4.78 is 1.05. The lowest BCUT2D eigenvalue weighted by Crippen LogP contribution is -1.83. The molecular weight excluding hydrogens is 250 g/mol. The molecule has 0 fully saturated rings. The summed E-state index contributed by atoms with van der Waals surface area (Å²) in [4.78, 5) is 0. The van der Waals surface area contributed by atoms with Crippen molar-refractivity contribution in [2.75, 3.05) is 11.5 Å². The van der Waals surface area contributed by atoms with Crippen molar-refractivity contribution in [3.63, 3.8) is 0 Å². The molecule has 2 N–H and O–H groups in total. The van der Waals surface area contributed by atoms with Gasteiger partial charge >= 0.3 is 0 Å². The van der Waals surface area contributed by atoms with Gasteiger partial charge in [-0.3, -0.25) is 0 Å². The van der Waals surface area contributed by atoms with Crippen LogP contribution in [-0.4, -0.2) is 16.0 Å². The second-order valence-electron chi connectivity index (χ2n) is 3.70. The summed E-state index contributed by atoms with van der Waals surface area (Å²) in [5, 5.41) is 9.35. The van der Waals surface area contributed by atoms with E-state index in [1.54, 1.807) is 23.1 Å². The Morgan fingerprint density at radius 2 is 2.00 bits per heavy atom. The normalized spacial score (nSPS) is 10.6. The minimum absolute atomic E-state index is 0.774. The third-order valence-electron chi connectivity index (χ3n) is 2.29. The lowest BCUT2D eigenvalue weighted by atomic mass is 10.2. The number of nitrogens with two attached hydrogens (primary N) is 1. The van der Waals surface area contributed by atoms with Crippen molar-refractivity contribution in [2.24, 2.45) is 0 Å². The summed E-state index contributed by atoms with van der Waals surface area (Å²) in [5.41, 5.74) is 7.51.